The Labute approximate surface area is 78.3 Å². The molecule has 0 spiro atoms. The third-order valence-electron chi connectivity index (χ3n) is 2.14. The molecular formula is C10H15NO2. The van der Waals surface area contributed by atoms with Crippen LogP contribution in [0.1, 0.15) is 19.8 Å². The quantitative estimate of drug-likeness (QED) is 0.650. The Kier molecular flexibility index (Phi) is 3.25. The highest BCUT2D eigenvalue weighted by atomic mass is 16.5. The Morgan fingerprint density at radius 2 is 2.38 bits per heavy atom. The van der Waals surface area contributed by atoms with Crippen LogP contribution in [0, 0.1) is 0 Å². The van der Waals surface area contributed by atoms with E-state index < -0.39 is 0 Å². The molecule has 0 radical (unpaired) electrons. The Balaban J connectivity index is 2.78. The maximum Gasteiger partial charge on any atom is 0.337 e. The molecule has 3 heteroatoms. The maximum atomic E-state index is 11.2. The molecule has 1 rings (SSSR count). The molecule has 0 amide bonds. The number of allylic oxidation sites excluding steroid dienone is 1. The maximum absolute atomic E-state index is 11.2. The highest BCUT2D eigenvalue weighted by Gasteiger charge is 2.14. The second kappa shape index (κ2) is 4.23. The zero-order valence-electron chi connectivity index (χ0n) is 8.04. The predicted molar refractivity (Wildman–Crippen MR) is 51.1 cm³/mol. The van der Waals surface area contributed by atoms with Gasteiger partial charge in [0.25, 0.3) is 0 Å². The minimum absolute atomic E-state index is 0.0216. The number of carbonyl (C=O) groups is 1. The minimum Gasteiger partial charge on any atom is -0.465 e. The molecule has 1 aliphatic rings. The second-order valence-corrected chi connectivity index (χ2v) is 3.20. The van der Waals surface area contributed by atoms with E-state index >= 15 is 0 Å². The molecule has 1 atom stereocenters. The molecule has 13 heavy (non-hydrogen) atoms. The van der Waals surface area contributed by atoms with Gasteiger partial charge < -0.3 is 10.5 Å². The van der Waals surface area contributed by atoms with Gasteiger partial charge in [0.1, 0.15) is 0 Å². The number of methoxy groups -OCH3 is 1. The van der Waals surface area contributed by atoms with Crippen LogP contribution in [0.4, 0.5) is 0 Å². The van der Waals surface area contributed by atoms with Crippen molar-refractivity contribution in [3.8, 4) is 0 Å². The average Bonchev–Trinajstić information content (AvgIpc) is 2.17. The lowest BCUT2D eigenvalue weighted by Crippen LogP contribution is -2.20. The van der Waals surface area contributed by atoms with Crippen LogP contribution in [0.15, 0.2) is 23.3 Å². The van der Waals surface area contributed by atoms with Gasteiger partial charge in [-0.3, -0.25) is 0 Å². The van der Waals surface area contributed by atoms with E-state index in [1.54, 1.807) is 0 Å². The normalized spacial score (nSPS) is 18.7. The number of carbonyl (C=O) groups excluding carboxylic acids is 1. The van der Waals surface area contributed by atoms with Crippen molar-refractivity contribution in [2.45, 2.75) is 25.8 Å². The lowest BCUT2D eigenvalue weighted by atomic mass is 9.95. The van der Waals surface area contributed by atoms with Crippen molar-refractivity contribution < 1.29 is 9.53 Å². The second-order valence-electron chi connectivity index (χ2n) is 3.20. The molecule has 0 fully saturated rings. The van der Waals surface area contributed by atoms with Gasteiger partial charge in [-0.15, -0.1) is 0 Å². The smallest absolute Gasteiger partial charge is 0.337 e. The minimum atomic E-state index is -0.280. The molecule has 0 aromatic carbocycles. The topological polar surface area (TPSA) is 52.3 Å². The van der Waals surface area contributed by atoms with Gasteiger partial charge in [0.05, 0.1) is 12.7 Å². The molecule has 72 valence electrons. The number of ether oxygens (including phenoxy) is 1. The van der Waals surface area contributed by atoms with Crippen molar-refractivity contribution in [3.05, 3.63) is 23.3 Å². The highest BCUT2D eigenvalue weighted by molar-refractivity contribution is 5.91. The number of hydrogen-bond donors (Lipinski definition) is 1. The Morgan fingerprint density at radius 3 is 2.92 bits per heavy atom. The van der Waals surface area contributed by atoms with E-state index in [1.165, 1.54) is 7.11 Å². The van der Waals surface area contributed by atoms with Gasteiger partial charge in [-0.05, 0) is 25.8 Å². The molecule has 0 aromatic rings. The molecule has 0 saturated carbocycles. The van der Waals surface area contributed by atoms with Crippen molar-refractivity contribution in [3.63, 3.8) is 0 Å². The molecule has 2 N–H and O–H groups in total. The number of esters is 1. The third kappa shape index (κ3) is 2.42. The fourth-order valence-electron chi connectivity index (χ4n) is 1.34. The third-order valence-corrected chi connectivity index (χ3v) is 2.14. The molecule has 1 unspecified atom stereocenters. The summed E-state index contributed by atoms with van der Waals surface area (Å²) >= 11 is 0. The van der Waals surface area contributed by atoms with Gasteiger partial charge in [-0.25, -0.2) is 4.79 Å². The van der Waals surface area contributed by atoms with Crippen LogP contribution >= 0.6 is 0 Å². The molecule has 0 heterocycles. The summed E-state index contributed by atoms with van der Waals surface area (Å²) < 4.78 is 4.63. The van der Waals surface area contributed by atoms with Crippen molar-refractivity contribution >= 4 is 5.97 Å². The number of hydrogen-bond acceptors (Lipinski definition) is 3. The van der Waals surface area contributed by atoms with Gasteiger partial charge in [-0.1, -0.05) is 11.6 Å². The van der Waals surface area contributed by atoms with E-state index in [2.05, 4.69) is 4.74 Å². The van der Waals surface area contributed by atoms with Gasteiger partial charge >= 0.3 is 5.97 Å². The van der Waals surface area contributed by atoms with Crippen molar-refractivity contribution in [1.29, 1.82) is 0 Å². The zero-order valence-corrected chi connectivity index (χ0v) is 8.04. The summed E-state index contributed by atoms with van der Waals surface area (Å²) in [7, 11) is 1.39. The van der Waals surface area contributed by atoms with E-state index in [1.807, 2.05) is 19.1 Å². The van der Waals surface area contributed by atoms with E-state index in [0.717, 1.165) is 18.4 Å². The van der Waals surface area contributed by atoms with Gasteiger partial charge in [0.2, 0.25) is 0 Å². The van der Waals surface area contributed by atoms with Crippen molar-refractivity contribution in [2.24, 2.45) is 5.73 Å². The van der Waals surface area contributed by atoms with Crippen LogP contribution in [0.2, 0.25) is 0 Å². The molecular weight excluding hydrogens is 166 g/mol. The van der Waals surface area contributed by atoms with E-state index in [4.69, 9.17) is 5.73 Å². The lowest BCUT2D eigenvalue weighted by molar-refractivity contribution is -0.135. The van der Waals surface area contributed by atoms with Gasteiger partial charge in [0.15, 0.2) is 0 Å². The predicted octanol–water partition coefficient (Wildman–Crippen LogP) is 1.15. The van der Waals surface area contributed by atoms with Crippen LogP contribution < -0.4 is 5.73 Å². The molecule has 3 nitrogen and oxygen atoms in total. The van der Waals surface area contributed by atoms with Gasteiger partial charge in [0, 0.05) is 6.04 Å². The monoisotopic (exact) mass is 181 g/mol. The molecule has 0 aliphatic heterocycles. The van der Waals surface area contributed by atoms with Crippen molar-refractivity contribution in [1.82, 2.24) is 0 Å². The number of nitrogens with two attached hydrogens (primary N) is 1. The van der Waals surface area contributed by atoms with Crippen LogP contribution in [-0.2, 0) is 9.53 Å². The number of rotatable bonds is 2. The summed E-state index contributed by atoms with van der Waals surface area (Å²) in [5, 5.41) is 0. The molecule has 0 bridgehead atoms. The summed E-state index contributed by atoms with van der Waals surface area (Å²) in [4.78, 5) is 11.2. The first-order valence-corrected chi connectivity index (χ1v) is 4.39. The summed E-state index contributed by atoms with van der Waals surface area (Å²) in [5.74, 6) is -0.280. The average molecular weight is 181 g/mol. The Bertz CT molecular complexity index is 264. The van der Waals surface area contributed by atoms with Crippen molar-refractivity contribution in [2.75, 3.05) is 7.11 Å². The van der Waals surface area contributed by atoms with E-state index in [0.29, 0.717) is 5.57 Å². The van der Waals surface area contributed by atoms with E-state index in [9.17, 15) is 4.79 Å². The molecule has 1 aliphatic carbocycles. The highest BCUT2D eigenvalue weighted by Crippen LogP contribution is 2.19. The molecule has 0 aromatic heterocycles. The summed E-state index contributed by atoms with van der Waals surface area (Å²) in [6, 6.07) is 0.0216. The van der Waals surface area contributed by atoms with Crippen LogP contribution in [-0.4, -0.2) is 19.1 Å². The van der Waals surface area contributed by atoms with Gasteiger partial charge in [-0.2, -0.15) is 0 Å². The van der Waals surface area contributed by atoms with Crippen LogP contribution in [0.5, 0.6) is 0 Å². The summed E-state index contributed by atoms with van der Waals surface area (Å²) in [6.45, 7) is 1.92. The molecule has 0 saturated heterocycles. The lowest BCUT2D eigenvalue weighted by Gasteiger charge is -2.15. The largest absolute Gasteiger partial charge is 0.465 e. The standard InChI is InChI=1S/C10H15NO2/c1-7(11)8-4-3-5-9(6-8)10(12)13-2/h5-7H,3-4,11H2,1-2H3. The summed E-state index contributed by atoms with van der Waals surface area (Å²) in [5.41, 5.74) is 7.46. The first-order valence-electron chi connectivity index (χ1n) is 4.39. The summed E-state index contributed by atoms with van der Waals surface area (Å²) in [6.07, 6.45) is 5.54. The fourth-order valence-corrected chi connectivity index (χ4v) is 1.34. The first-order chi connectivity index (χ1) is 6.15. The fraction of sp³-hybridized carbons (Fsp3) is 0.500. The Morgan fingerprint density at radius 1 is 1.69 bits per heavy atom. The van der Waals surface area contributed by atoms with E-state index in [-0.39, 0.29) is 12.0 Å². The van der Waals surface area contributed by atoms with Crippen LogP contribution in [0.25, 0.3) is 0 Å². The first kappa shape index (κ1) is 9.99. The van der Waals surface area contributed by atoms with Crippen LogP contribution in [0.3, 0.4) is 0 Å². The Hall–Kier alpha value is -1.09. The zero-order chi connectivity index (χ0) is 9.84. The SMILES string of the molecule is COC(=O)C1=CCCC(C(C)N)=C1.